The van der Waals surface area contributed by atoms with Crippen LogP contribution in [0.2, 0.25) is 0 Å². The molecule has 2 unspecified atom stereocenters. The summed E-state index contributed by atoms with van der Waals surface area (Å²) >= 11 is 0. The van der Waals surface area contributed by atoms with Gasteiger partial charge in [-0.2, -0.15) is 0 Å². The summed E-state index contributed by atoms with van der Waals surface area (Å²) in [4.78, 5) is 24.9. The molecule has 98 valence electrons. The molecule has 5 nitrogen and oxygen atoms in total. The zero-order chi connectivity index (χ0) is 13.3. The van der Waals surface area contributed by atoms with Crippen LogP contribution in [0.5, 0.6) is 0 Å². The second-order valence-electron chi connectivity index (χ2n) is 4.74. The smallest absolute Gasteiger partial charge is 0.308 e. The molecule has 1 aromatic heterocycles. The number of aryl methyl sites for hydroxylation is 1. The molecule has 0 spiro atoms. The number of rotatable bonds is 3. The lowest BCUT2D eigenvalue weighted by Crippen LogP contribution is -2.30. The predicted molar refractivity (Wildman–Crippen MR) is 64.3 cm³/mol. The van der Waals surface area contributed by atoms with Crippen molar-refractivity contribution in [2.45, 2.75) is 20.3 Å². The third-order valence-electron chi connectivity index (χ3n) is 3.51. The Morgan fingerprint density at radius 2 is 2.22 bits per heavy atom. The van der Waals surface area contributed by atoms with Crippen LogP contribution in [0.4, 0.5) is 0 Å². The molecule has 1 aliphatic rings. The maximum Gasteiger partial charge on any atom is 0.308 e. The first kappa shape index (κ1) is 12.7. The summed E-state index contributed by atoms with van der Waals surface area (Å²) in [5.41, 5.74) is 0.552. The van der Waals surface area contributed by atoms with E-state index in [9.17, 15) is 9.59 Å². The molecule has 2 atom stereocenters. The van der Waals surface area contributed by atoms with Gasteiger partial charge in [0, 0.05) is 19.5 Å². The lowest BCUT2D eigenvalue weighted by atomic mass is 9.99. The van der Waals surface area contributed by atoms with Crippen LogP contribution in [0, 0.1) is 11.8 Å². The topological polar surface area (TPSA) is 70.8 Å². The van der Waals surface area contributed by atoms with E-state index >= 15 is 0 Å². The highest BCUT2D eigenvalue weighted by Crippen LogP contribution is 2.25. The molecule has 1 amide bonds. The van der Waals surface area contributed by atoms with Gasteiger partial charge in [-0.25, -0.2) is 0 Å². The van der Waals surface area contributed by atoms with Gasteiger partial charge in [0.15, 0.2) is 0 Å². The fourth-order valence-electron chi connectivity index (χ4n) is 2.43. The van der Waals surface area contributed by atoms with E-state index in [-0.39, 0.29) is 18.4 Å². The van der Waals surface area contributed by atoms with E-state index in [1.807, 2.05) is 13.8 Å². The zero-order valence-corrected chi connectivity index (χ0v) is 10.5. The predicted octanol–water partition coefficient (Wildman–Crippen LogP) is 1.63. The highest BCUT2D eigenvalue weighted by Gasteiger charge is 2.37. The minimum Gasteiger partial charge on any atom is -0.481 e. The Labute approximate surface area is 105 Å². The molecule has 1 aromatic rings. The fraction of sp³-hybridized carbons (Fsp3) is 0.538. The van der Waals surface area contributed by atoms with Crippen LogP contribution in [0.15, 0.2) is 16.7 Å². The summed E-state index contributed by atoms with van der Waals surface area (Å²) in [7, 11) is 0. The number of likely N-dealkylation sites (tertiary alicyclic amines) is 1. The van der Waals surface area contributed by atoms with Crippen molar-refractivity contribution in [2.75, 3.05) is 13.1 Å². The first-order valence-electron chi connectivity index (χ1n) is 6.13. The summed E-state index contributed by atoms with van der Waals surface area (Å²) in [5.74, 6) is -0.780. The van der Waals surface area contributed by atoms with Crippen LogP contribution >= 0.6 is 0 Å². The normalized spacial score (nSPS) is 23.3. The number of amides is 1. The van der Waals surface area contributed by atoms with E-state index in [1.165, 1.54) is 6.26 Å². The molecular weight excluding hydrogens is 234 g/mol. The third kappa shape index (κ3) is 2.12. The summed E-state index contributed by atoms with van der Waals surface area (Å²) < 4.78 is 5.23. The molecule has 0 aromatic carbocycles. The molecule has 2 heterocycles. The average Bonchev–Trinajstić information content (AvgIpc) is 2.93. The molecule has 2 rings (SSSR count). The highest BCUT2D eigenvalue weighted by molar-refractivity contribution is 5.95. The SMILES string of the molecule is CCc1occc1C(=O)N1CC(C)C(C(=O)O)C1. The van der Waals surface area contributed by atoms with Crippen LogP contribution in [0.1, 0.15) is 30.0 Å². The number of carbonyl (C=O) groups excluding carboxylic acids is 1. The third-order valence-corrected chi connectivity index (χ3v) is 3.51. The van der Waals surface area contributed by atoms with Gasteiger partial charge in [0.25, 0.3) is 5.91 Å². The van der Waals surface area contributed by atoms with E-state index in [0.29, 0.717) is 24.3 Å². The molecule has 5 heteroatoms. The number of furan rings is 1. The van der Waals surface area contributed by atoms with Crippen LogP contribution in [-0.2, 0) is 11.2 Å². The van der Waals surface area contributed by atoms with Gasteiger partial charge in [-0.15, -0.1) is 0 Å². The van der Waals surface area contributed by atoms with Gasteiger partial charge in [0.2, 0.25) is 0 Å². The Morgan fingerprint density at radius 1 is 1.50 bits per heavy atom. The molecule has 0 bridgehead atoms. The average molecular weight is 251 g/mol. The van der Waals surface area contributed by atoms with Crippen molar-refractivity contribution in [2.24, 2.45) is 11.8 Å². The molecule has 0 radical (unpaired) electrons. The largest absolute Gasteiger partial charge is 0.481 e. The van der Waals surface area contributed by atoms with Crippen molar-refractivity contribution in [1.29, 1.82) is 0 Å². The summed E-state index contributed by atoms with van der Waals surface area (Å²) in [6.45, 7) is 4.55. The molecule has 0 saturated carbocycles. The quantitative estimate of drug-likeness (QED) is 0.886. The Balaban J connectivity index is 2.14. The number of aliphatic carboxylic acids is 1. The maximum absolute atomic E-state index is 12.3. The fourth-order valence-corrected chi connectivity index (χ4v) is 2.43. The van der Waals surface area contributed by atoms with Gasteiger partial charge >= 0.3 is 5.97 Å². The standard InChI is InChI=1S/C13H17NO4/c1-3-11-9(4-5-18-11)12(15)14-6-8(2)10(7-14)13(16)17/h4-5,8,10H,3,6-7H2,1-2H3,(H,16,17). The second kappa shape index (κ2) is 4.84. The minimum absolute atomic E-state index is 0.0107. The van der Waals surface area contributed by atoms with Gasteiger partial charge in [-0.3, -0.25) is 9.59 Å². The molecule has 1 aliphatic heterocycles. The van der Waals surface area contributed by atoms with Gasteiger partial charge in [-0.1, -0.05) is 13.8 Å². The lowest BCUT2D eigenvalue weighted by Gasteiger charge is -2.15. The molecule has 1 N–H and O–H groups in total. The van der Waals surface area contributed by atoms with Crippen LogP contribution < -0.4 is 0 Å². The Bertz CT molecular complexity index is 465. The maximum atomic E-state index is 12.3. The first-order valence-corrected chi connectivity index (χ1v) is 6.13. The summed E-state index contributed by atoms with van der Waals surface area (Å²) in [6, 6.07) is 1.65. The Kier molecular flexibility index (Phi) is 3.41. The van der Waals surface area contributed by atoms with Crippen molar-refractivity contribution in [3.05, 3.63) is 23.7 Å². The molecule has 1 saturated heterocycles. The van der Waals surface area contributed by atoms with E-state index in [1.54, 1.807) is 11.0 Å². The monoisotopic (exact) mass is 251 g/mol. The number of hydrogen-bond acceptors (Lipinski definition) is 3. The van der Waals surface area contributed by atoms with Gasteiger partial charge in [0.05, 0.1) is 17.7 Å². The highest BCUT2D eigenvalue weighted by atomic mass is 16.4. The second-order valence-corrected chi connectivity index (χ2v) is 4.74. The van der Waals surface area contributed by atoms with E-state index in [0.717, 1.165) is 0 Å². The van der Waals surface area contributed by atoms with Gasteiger partial charge in [-0.05, 0) is 12.0 Å². The molecule has 18 heavy (non-hydrogen) atoms. The van der Waals surface area contributed by atoms with Crippen molar-refractivity contribution in [3.8, 4) is 0 Å². The van der Waals surface area contributed by atoms with Crippen LogP contribution in [-0.4, -0.2) is 35.0 Å². The van der Waals surface area contributed by atoms with E-state index < -0.39 is 11.9 Å². The summed E-state index contributed by atoms with van der Waals surface area (Å²) in [6.07, 6.45) is 2.15. The van der Waals surface area contributed by atoms with Crippen LogP contribution in [0.3, 0.4) is 0 Å². The number of carboxylic acids is 1. The number of nitrogens with zero attached hydrogens (tertiary/aromatic N) is 1. The first-order chi connectivity index (χ1) is 8.54. The molecule has 1 fully saturated rings. The van der Waals surface area contributed by atoms with E-state index in [4.69, 9.17) is 9.52 Å². The molecular formula is C13H17NO4. The van der Waals surface area contributed by atoms with Crippen LogP contribution in [0.25, 0.3) is 0 Å². The minimum atomic E-state index is -0.833. The zero-order valence-electron chi connectivity index (χ0n) is 10.5. The van der Waals surface area contributed by atoms with E-state index in [2.05, 4.69) is 0 Å². The van der Waals surface area contributed by atoms with Gasteiger partial charge in [0.1, 0.15) is 5.76 Å². The van der Waals surface area contributed by atoms with Crippen molar-refractivity contribution in [1.82, 2.24) is 4.90 Å². The lowest BCUT2D eigenvalue weighted by molar-refractivity contribution is -0.142. The van der Waals surface area contributed by atoms with Crippen molar-refractivity contribution < 1.29 is 19.1 Å². The number of carboxylic acid groups (broad SMARTS) is 1. The number of carbonyl (C=O) groups is 2. The molecule has 0 aliphatic carbocycles. The Morgan fingerprint density at radius 3 is 2.78 bits per heavy atom. The summed E-state index contributed by atoms with van der Waals surface area (Å²) in [5, 5.41) is 9.06. The van der Waals surface area contributed by atoms with Crippen molar-refractivity contribution in [3.63, 3.8) is 0 Å². The number of hydrogen-bond donors (Lipinski definition) is 1. The van der Waals surface area contributed by atoms with Crippen molar-refractivity contribution >= 4 is 11.9 Å². The Hall–Kier alpha value is -1.78. The van der Waals surface area contributed by atoms with Gasteiger partial charge < -0.3 is 14.4 Å².